The fraction of sp³-hybridized carbons (Fsp3) is 0.917. The molecular formula is C12H24N4O. The van der Waals surface area contributed by atoms with Crippen molar-refractivity contribution < 1.29 is 4.74 Å². The SMILES string of the molecule is NNC(=NCCOCC1CC1)NC1CCCC1. The Balaban J connectivity index is 1.57. The van der Waals surface area contributed by atoms with E-state index in [1.54, 1.807) is 0 Å². The van der Waals surface area contributed by atoms with Crippen LogP contribution in [-0.2, 0) is 4.74 Å². The number of hydrogen-bond donors (Lipinski definition) is 3. The van der Waals surface area contributed by atoms with Crippen LogP contribution in [0.25, 0.3) is 0 Å². The van der Waals surface area contributed by atoms with Crippen LogP contribution in [0.2, 0.25) is 0 Å². The van der Waals surface area contributed by atoms with E-state index in [1.807, 2.05) is 0 Å². The molecule has 0 amide bonds. The van der Waals surface area contributed by atoms with Gasteiger partial charge in [-0.15, -0.1) is 0 Å². The number of nitrogens with one attached hydrogen (secondary N) is 2. The van der Waals surface area contributed by atoms with Gasteiger partial charge in [0.2, 0.25) is 5.96 Å². The Morgan fingerprint density at radius 2 is 2.00 bits per heavy atom. The first kappa shape index (κ1) is 12.6. The summed E-state index contributed by atoms with van der Waals surface area (Å²) in [6, 6.07) is 0.539. The van der Waals surface area contributed by atoms with Gasteiger partial charge in [-0.2, -0.15) is 0 Å². The number of hydrogen-bond acceptors (Lipinski definition) is 3. The zero-order valence-electron chi connectivity index (χ0n) is 10.5. The summed E-state index contributed by atoms with van der Waals surface area (Å²) in [7, 11) is 0. The van der Waals surface area contributed by atoms with Crippen molar-refractivity contribution in [2.24, 2.45) is 16.8 Å². The van der Waals surface area contributed by atoms with E-state index in [1.165, 1.54) is 38.5 Å². The van der Waals surface area contributed by atoms with Gasteiger partial charge in [0.25, 0.3) is 0 Å². The largest absolute Gasteiger partial charge is 0.379 e. The average Bonchev–Trinajstić information content (AvgIpc) is 3.02. The number of nitrogens with zero attached hydrogens (tertiary/aromatic N) is 1. The molecule has 2 aliphatic carbocycles. The molecule has 0 heterocycles. The van der Waals surface area contributed by atoms with Crippen LogP contribution in [0.15, 0.2) is 4.99 Å². The molecule has 0 bridgehead atoms. The highest BCUT2D eigenvalue weighted by atomic mass is 16.5. The molecule has 0 radical (unpaired) electrons. The summed E-state index contributed by atoms with van der Waals surface area (Å²) in [4.78, 5) is 4.37. The van der Waals surface area contributed by atoms with Crippen molar-refractivity contribution in [2.45, 2.75) is 44.6 Å². The van der Waals surface area contributed by atoms with Crippen molar-refractivity contribution in [3.05, 3.63) is 0 Å². The monoisotopic (exact) mass is 240 g/mol. The lowest BCUT2D eigenvalue weighted by molar-refractivity contribution is 0.131. The summed E-state index contributed by atoms with van der Waals surface area (Å²) in [5.74, 6) is 6.96. The first-order valence-electron chi connectivity index (χ1n) is 6.74. The van der Waals surface area contributed by atoms with Gasteiger partial charge >= 0.3 is 0 Å². The predicted octanol–water partition coefficient (Wildman–Crippen LogP) is 0.764. The number of nitrogens with two attached hydrogens (primary N) is 1. The maximum absolute atomic E-state index is 5.52. The maximum atomic E-state index is 5.52. The van der Waals surface area contributed by atoms with Gasteiger partial charge in [0, 0.05) is 12.6 Å². The molecule has 2 fully saturated rings. The molecule has 17 heavy (non-hydrogen) atoms. The minimum atomic E-state index is 0.539. The van der Waals surface area contributed by atoms with Crippen molar-refractivity contribution in [3.8, 4) is 0 Å². The van der Waals surface area contributed by atoms with Crippen LogP contribution in [0.1, 0.15) is 38.5 Å². The van der Waals surface area contributed by atoms with Crippen LogP contribution < -0.4 is 16.6 Å². The Labute approximate surface area is 103 Å². The first-order chi connectivity index (χ1) is 8.38. The van der Waals surface area contributed by atoms with Gasteiger partial charge in [-0.05, 0) is 31.6 Å². The number of hydrazine groups is 1. The van der Waals surface area contributed by atoms with Crippen LogP contribution in [-0.4, -0.2) is 31.8 Å². The zero-order chi connectivity index (χ0) is 11.9. The van der Waals surface area contributed by atoms with E-state index in [4.69, 9.17) is 10.6 Å². The molecule has 0 spiro atoms. The van der Waals surface area contributed by atoms with Crippen molar-refractivity contribution >= 4 is 5.96 Å². The Hall–Kier alpha value is -0.810. The average molecular weight is 240 g/mol. The van der Waals surface area contributed by atoms with E-state index >= 15 is 0 Å². The molecule has 98 valence electrons. The second-order valence-electron chi connectivity index (χ2n) is 5.02. The van der Waals surface area contributed by atoms with Crippen LogP contribution in [0.5, 0.6) is 0 Å². The normalized spacial score (nSPS) is 21.8. The summed E-state index contributed by atoms with van der Waals surface area (Å²) < 4.78 is 5.52. The molecule has 0 aromatic carbocycles. The molecule has 2 aliphatic rings. The maximum Gasteiger partial charge on any atom is 0.206 e. The number of rotatable bonds is 6. The predicted molar refractivity (Wildman–Crippen MR) is 68.6 cm³/mol. The second kappa shape index (κ2) is 6.81. The molecule has 0 aliphatic heterocycles. The van der Waals surface area contributed by atoms with Crippen molar-refractivity contribution in [1.29, 1.82) is 0 Å². The summed E-state index contributed by atoms with van der Waals surface area (Å²) in [6.07, 6.45) is 7.72. The summed E-state index contributed by atoms with van der Waals surface area (Å²) in [6.45, 7) is 2.26. The molecule has 0 saturated heterocycles. The topological polar surface area (TPSA) is 71.7 Å². The lowest BCUT2D eigenvalue weighted by atomic mass is 10.2. The Kier molecular flexibility index (Phi) is 5.07. The standard InChI is InChI=1S/C12H24N4O/c13-16-12(15-11-3-1-2-4-11)14-7-8-17-9-10-5-6-10/h10-11H,1-9,13H2,(H2,14,15,16). The van der Waals surface area contributed by atoms with Crippen molar-refractivity contribution in [3.63, 3.8) is 0 Å². The lowest BCUT2D eigenvalue weighted by Crippen LogP contribution is -2.45. The van der Waals surface area contributed by atoms with E-state index in [0.717, 1.165) is 12.5 Å². The van der Waals surface area contributed by atoms with Crippen LogP contribution in [0.4, 0.5) is 0 Å². The highest BCUT2D eigenvalue weighted by molar-refractivity contribution is 5.79. The summed E-state index contributed by atoms with van der Waals surface area (Å²) >= 11 is 0. The molecule has 0 unspecified atom stereocenters. The molecule has 2 saturated carbocycles. The third kappa shape index (κ3) is 4.91. The zero-order valence-corrected chi connectivity index (χ0v) is 10.5. The molecule has 5 nitrogen and oxygen atoms in total. The van der Waals surface area contributed by atoms with Gasteiger partial charge in [-0.3, -0.25) is 5.43 Å². The van der Waals surface area contributed by atoms with Gasteiger partial charge in [0.05, 0.1) is 13.2 Å². The second-order valence-corrected chi connectivity index (χ2v) is 5.02. The number of guanidine groups is 1. The van der Waals surface area contributed by atoms with Gasteiger partial charge in [-0.25, -0.2) is 10.8 Å². The summed E-state index contributed by atoms with van der Waals surface area (Å²) in [5.41, 5.74) is 2.62. The van der Waals surface area contributed by atoms with Gasteiger partial charge in [0.1, 0.15) is 0 Å². The summed E-state index contributed by atoms with van der Waals surface area (Å²) in [5, 5.41) is 3.34. The molecule has 4 N–H and O–H groups in total. The van der Waals surface area contributed by atoms with E-state index < -0.39 is 0 Å². The van der Waals surface area contributed by atoms with Crippen molar-refractivity contribution in [1.82, 2.24) is 10.7 Å². The number of aliphatic imine (C=N–C) groups is 1. The molecule has 0 atom stereocenters. The third-order valence-electron chi connectivity index (χ3n) is 3.39. The molecule has 5 heteroatoms. The smallest absolute Gasteiger partial charge is 0.206 e. The fourth-order valence-corrected chi connectivity index (χ4v) is 2.15. The van der Waals surface area contributed by atoms with Gasteiger partial charge in [-0.1, -0.05) is 12.8 Å². The third-order valence-corrected chi connectivity index (χ3v) is 3.39. The minimum absolute atomic E-state index is 0.539. The van der Waals surface area contributed by atoms with E-state index in [9.17, 15) is 0 Å². The molecule has 2 rings (SSSR count). The van der Waals surface area contributed by atoms with E-state index in [2.05, 4.69) is 15.7 Å². The lowest BCUT2D eigenvalue weighted by Gasteiger charge is -2.14. The van der Waals surface area contributed by atoms with Crippen LogP contribution in [0.3, 0.4) is 0 Å². The first-order valence-corrected chi connectivity index (χ1v) is 6.74. The van der Waals surface area contributed by atoms with E-state index in [0.29, 0.717) is 25.2 Å². The van der Waals surface area contributed by atoms with Crippen LogP contribution in [0, 0.1) is 5.92 Å². The van der Waals surface area contributed by atoms with E-state index in [-0.39, 0.29) is 0 Å². The highest BCUT2D eigenvalue weighted by Gasteiger charge is 2.20. The highest BCUT2D eigenvalue weighted by Crippen LogP contribution is 2.28. The molecular weight excluding hydrogens is 216 g/mol. The number of ether oxygens (including phenoxy) is 1. The fourth-order valence-electron chi connectivity index (χ4n) is 2.15. The Bertz CT molecular complexity index is 247. The van der Waals surface area contributed by atoms with Gasteiger partial charge in [0.15, 0.2) is 0 Å². The quantitative estimate of drug-likeness (QED) is 0.211. The molecule has 0 aromatic rings. The minimum Gasteiger partial charge on any atom is -0.379 e. The Morgan fingerprint density at radius 1 is 1.24 bits per heavy atom. The van der Waals surface area contributed by atoms with Crippen molar-refractivity contribution in [2.75, 3.05) is 19.8 Å². The van der Waals surface area contributed by atoms with Gasteiger partial charge < -0.3 is 10.1 Å². The molecule has 0 aromatic heterocycles. The van der Waals surface area contributed by atoms with Crippen LogP contribution >= 0.6 is 0 Å². The Morgan fingerprint density at radius 3 is 2.65 bits per heavy atom.